The van der Waals surface area contributed by atoms with Crippen molar-refractivity contribution in [2.45, 2.75) is 0 Å². The molecule has 0 amide bonds. The Morgan fingerprint density at radius 1 is 0.433 bits per heavy atom. The van der Waals surface area contributed by atoms with E-state index >= 15 is 4.57 Å². The van der Waals surface area contributed by atoms with Crippen LogP contribution in [0, 0.1) is 0 Å². The highest BCUT2D eigenvalue weighted by atomic mass is 31.2. The van der Waals surface area contributed by atoms with Gasteiger partial charge < -0.3 is 4.57 Å². The molecule has 2 heteroatoms. The third kappa shape index (κ3) is 2.39. The molecule has 0 aliphatic carbocycles. The van der Waals surface area contributed by atoms with Gasteiger partial charge in [-0.25, -0.2) is 0 Å². The molecule has 6 rings (SSSR count). The van der Waals surface area contributed by atoms with Gasteiger partial charge in [0, 0.05) is 15.9 Å². The standard InChI is InChI=1S/C28H19OP/c29-30(22-12-2-1-3-13-22)27-17-9-8-16-25(27)23-14-6-7-15-24(23)26-18-20-10-4-5-11-21(20)19-28(26)30/h1-19H. The van der Waals surface area contributed by atoms with Crippen molar-refractivity contribution in [1.82, 2.24) is 0 Å². The minimum Gasteiger partial charge on any atom is -0.309 e. The van der Waals surface area contributed by atoms with Crippen LogP contribution in [0.4, 0.5) is 0 Å². The second kappa shape index (κ2) is 6.55. The Morgan fingerprint density at radius 3 is 1.70 bits per heavy atom. The van der Waals surface area contributed by atoms with Gasteiger partial charge >= 0.3 is 0 Å². The Kier molecular flexibility index (Phi) is 3.81. The summed E-state index contributed by atoms with van der Waals surface area (Å²) in [5.41, 5.74) is 4.39. The van der Waals surface area contributed by atoms with Gasteiger partial charge in [0.15, 0.2) is 7.14 Å². The summed E-state index contributed by atoms with van der Waals surface area (Å²) in [6.07, 6.45) is 0. The smallest absolute Gasteiger partial charge is 0.172 e. The number of benzene rings is 5. The summed E-state index contributed by atoms with van der Waals surface area (Å²) in [4.78, 5) is 0. The first-order chi connectivity index (χ1) is 14.8. The topological polar surface area (TPSA) is 17.1 Å². The summed E-state index contributed by atoms with van der Waals surface area (Å²) in [6.45, 7) is 0. The monoisotopic (exact) mass is 402 g/mol. The average molecular weight is 402 g/mol. The van der Waals surface area contributed by atoms with Gasteiger partial charge in [-0.1, -0.05) is 103 Å². The van der Waals surface area contributed by atoms with Gasteiger partial charge in [0.25, 0.3) is 0 Å². The van der Waals surface area contributed by atoms with E-state index in [2.05, 4.69) is 60.7 Å². The van der Waals surface area contributed by atoms with Crippen LogP contribution in [0.5, 0.6) is 0 Å². The lowest BCUT2D eigenvalue weighted by Crippen LogP contribution is -2.26. The summed E-state index contributed by atoms with van der Waals surface area (Å²) in [6, 6.07) is 39.3. The Balaban J connectivity index is 1.86. The lowest BCUT2D eigenvalue weighted by molar-refractivity contribution is 0.592. The SMILES string of the molecule is O=P1(c2ccccc2)c2ccccc2-c2ccccc2-c2cc3ccccc3cc21. The zero-order valence-electron chi connectivity index (χ0n) is 16.3. The molecule has 142 valence electrons. The van der Waals surface area contributed by atoms with Crippen molar-refractivity contribution >= 4 is 33.8 Å². The van der Waals surface area contributed by atoms with E-state index in [4.69, 9.17) is 0 Å². The Bertz CT molecular complexity index is 1470. The second-order valence-electron chi connectivity index (χ2n) is 7.72. The molecule has 1 aliphatic heterocycles. The van der Waals surface area contributed by atoms with E-state index in [1.807, 2.05) is 54.6 Å². The van der Waals surface area contributed by atoms with Crippen LogP contribution in [-0.2, 0) is 4.57 Å². The third-order valence-electron chi connectivity index (χ3n) is 6.07. The lowest BCUT2D eigenvalue weighted by atomic mass is 9.93. The number of hydrogen-bond acceptors (Lipinski definition) is 1. The molecule has 0 radical (unpaired) electrons. The molecule has 30 heavy (non-hydrogen) atoms. The molecule has 0 N–H and O–H groups in total. The van der Waals surface area contributed by atoms with E-state index in [0.717, 1.165) is 48.9 Å². The van der Waals surface area contributed by atoms with Crippen LogP contribution in [0.15, 0.2) is 115 Å². The van der Waals surface area contributed by atoms with E-state index in [1.54, 1.807) is 0 Å². The number of rotatable bonds is 1. The van der Waals surface area contributed by atoms with Crippen molar-refractivity contribution in [3.63, 3.8) is 0 Å². The zero-order chi connectivity index (χ0) is 20.1. The molecule has 1 nitrogen and oxygen atoms in total. The van der Waals surface area contributed by atoms with Crippen molar-refractivity contribution in [2.24, 2.45) is 0 Å². The zero-order valence-corrected chi connectivity index (χ0v) is 17.2. The fraction of sp³-hybridized carbons (Fsp3) is 0. The minimum absolute atomic E-state index is 0.877. The van der Waals surface area contributed by atoms with Crippen LogP contribution in [0.3, 0.4) is 0 Å². The Hall–Kier alpha value is -3.41. The van der Waals surface area contributed by atoms with Crippen LogP contribution < -0.4 is 15.9 Å². The highest BCUT2D eigenvalue weighted by Gasteiger charge is 2.37. The van der Waals surface area contributed by atoms with E-state index in [9.17, 15) is 0 Å². The van der Waals surface area contributed by atoms with Crippen molar-refractivity contribution < 1.29 is 4.57 Å². The van der Waals surface area contributed by atoms with Crippen LogP contribution in [0.25, 0.3) is 33.0 Å². The first kappa shape index (κ1) is 17.4. The molecule has 1 atom stereocenters. The number of fused-ring (bicyclic) bond motifs is 6. The van der Waals surface area contributed by atoms with Gasteiger partial charge in [0.2, 0.25) is 0 Å². The van der Waals surface area contributed by atoms with Crippen LogP contribution >= 0.6 is 7.14 Å². The third-order valence-corrected chi connectivity index (χ3v) is 9.22. The minimum atomic E-state index is -3.08. The van der Waals surface area contributed by atoms with E-state index in [-0.39, 0.29) is 0 Å². The molecule has 5 aromatic rings. The fourth-order valence-electron chi connectivity index (χ4n) is 4.68. The van der Waals surface area contributed by atoms with Crippen molar-refractivity contribution in [1.29, 1.82) is 0 Å². The van der Waals surface area contributed by atoms with Crippen molar-refractivity contribution in [3.8, 4) is 22.3 Å². The predicted molar refractivity (Wildman–Crippen MR) is 128 cm³/mol. The molecule has 1 heterocycles. The van der Waals surface area contributed by atoms with Gasteiger partial charge in [0.1, 0.15) is 0 Å². The highest BCUT2D eigenvalue weighted by Crippen LogP contribution is 2.52. The first-order valence-electron chi connectivity index (χ1n) is 10.2. The van der Waals surface area contributed by atoms with Gasteiger partial charge in [0.05, 0.1) is 0 Å². The van der Waals surface area contributed by atoms with Crippen molar-refractivity contribution in [2.75, 3.05) is 0 Å². The van der Waals surface area contributed by atoms with Crippen LogP contribution in [0.1, 0.15) is 0 Å². The summed E-state index contributed by atoms with van der Waals surface area (Å²) >= 11 is 0. The van der Waals surface area contributed by atoms with Crippen LogP contribution in [0.2, 0.25) is 0 Å². The summed E-state index contributed by atoms with van der Waals surface area (Å²) < 4.78 is 15.2. The maximum Gasteiger partial charge on any atom is 0.172 e. The molecular formula is C28H19OP. The molecule has 0 saturated carbocycles. The average Bonchev–Trinajstić information content (AvgIpc) is 2.91. The Morgan fingerprint density at radius 2 is 0.967 bits per heavy atom. The van der Waals surface area contributed by atoms with E-state index in [0.29, 0.717) is 0 Å². The van der Waals surface area contributed by atoms with Gasteiger partial charge in [-0.2, -0.15) is 0 Å². The molecular weight excluding hydrogens is 383 g/mol. The second-order valence-corrected chi connectivity index (χ2v) is 10.4. The molecule has 0 spiro atoms. The predicted octanol–water partition coefficient (Wildman–Crippen LogP) is 6.13. The van der Waals surface area contributed by atoms with E-state index < -0.39 is 7.14 Å². The maximum absolute atomic E-state index is 15.2. The lowest BCUT2D eigenvalue weighted by Gasteiger charge is -2.22. The maximum atomic E-state index is 15.2. The normalized spacial score (nSPS) is 16.9. The summed E-state index contributed by atoms with van der Waals surface area (Å²) in [5, 5.41) is 4.99. The van der Waals surface area contributed by atoms with Crippen molar-refractivity contribution in [3.05, 3.63) is 115 Å². The molecule has 0 bridgehead atoms. The quantitative estimate of drug-likeness (QED) is 0.303. The summed E-state index contributed by atoms with van der Waals surface area (Å²) in [7, 11) is -3.08. The van der Waals surface area contributed by atoms with Gasteiger partial charge in [-0.15, -0.1) is 0 Å². The largest absolute Gasteiger partial charge is 0.309 e. The molecule has 1 aliphatic rings. The van der Waals surface area contributed by atoms with Gasteiger partial charge in [-0.3, -0.25) is 0 Å². The number of hydrogen-bond donors (Lipinski definition) is 0. The van der Waals surface area contributed by atoms with Gasteiger partial charge in [-0.05, 0) is 45.2 Å². The first-order valence-corrected chi connectivity index (χ1v) is 11.9. The fourth-order valence-corrected chi connectivity index (χ4v) is 7.76. The van der Waals surface area contributed by atoms with Crippen LogP contribution in [-0.4, -0.2) is 0 Å². The Labute approximate surface area is 176 Å². The molecule has 0 aromatic heterocycles. The highest BCUT2D eigenvalue weighted by molar-refractivity contribution is 7.85. The summed E-state index contributed by atoms with van der Waals surface area (Å²) in [5.74, 6) is 0. The molecule has 0 fully saturated rings. The van der Waals surface area contributed by atoms with E-state index in [1.165, 1.54) is 0 Å². The molecule has 5 aromatic carbocycles. The molecule has 0 saturated heterocycles. The molecule has 1 unspecified atom stereocenters.